The van der Waals surface area contributed by atoms with Gasteiger partial charge in [-0.3, -0.25) is 24.1 Å². The lowest BCUT2D eigenvalue weighted by Gasteiger charge is -2.36. The van der Waals surface area contributed by atoms with Crippen LogP contribution in [-0.4, -0.2) is 70.5 Å². The normalized spacial score (nSPS) is 23.4. The molecule has 2 aliphatic heterocycles. The number of halogens is 1. The number of hydrogen-bond donors (Lipinski definition) is 0. The van der Waals surface area contributed by atoms with Crippen molar-refractivity contribution in [2.75, 3.05) is 26.2 Å². The van der Waals surface area contributed by atoms with Crippen LogP contribution in [0.25, 0.3) is 0 Å². The van der Waals surface area contributed by atoms with Crippen LogP contribution in [0.15, 0.2) is 47.1 Å². The molecule has 0 spiro atoms. The fraction of sp³-hybridized carbons (Fsp3) is 0.462. The number of hydrogen-bond acceptors (Lipinski definition) is 5. The molecule has 1 atom stereocenters. The zero-order valence-corrected chi connectivity index (χ0v) is 20.2. The number of benzene rings is 1. The first-order valence-corrected chi connectivity index (χ1v) is 12.5. The summed E-state index contributed by atoms with van der Waals surface area (Å²) in [7, 11) is 0. The fourth-order valence-electron chi connectivity index (χ4n) is 5.67. The van der Waals surface area contributed by atoms with Crippen LogP contribution in [-0.2, 0) is 19.8 Å². The second kappa shape index (κ2) is 9.49. The highest BCUT2D eigenvalue weighted by molar-refractivity contribution is 6.32. The van der Waals surface area contributed by atoms with E-state index in [2.05, 4.69) is 0 Å². The summed E-state index contributed by atoms with van der Waals surface area (Å²) < 4.78 is 5.20. The molecule has 1 aliphatic carbocycles. The summed E-state index contributed by atoms with van der Waals surface area (Å²) in [5.74, 6) is -0.710. The lowest BCUT2D eigenvalue weighted by atomic mass is 9.75. The Morgan fingerprint density at radius 2 is 1.66 bits per heavy atom. The number of piperazine rings is 1. The first kappa shape index (κ1) is 23.6. The Bertz CT molecular complexity index is 1140. The molecule has 4 amide bonds. The van der Waals surface area contributed by atoms with E-state index < -0.39 is 5.41 Å². The number of furan rings is 1. The average molecular weight is 498 g/mol. The zero-order chi connectivity index (χ0) is 24.6. The quantitative estimate of drug-likeness (QED) is 0.591. The molecule has 3 fully saturated rings. The maximum absolute atomic E-state index is 13.9. The number of amides is 4. The van der Waals surface area contributed by atoms with Crippen LogP contribution < -0.4 is 0 Å². The minimum absolute atomic E-state index is 0.0608. The Labute approximate surface area is 208 Å². The second-order valence-corrected chi connectivity index (χ2v) is 9.98. The van der Waals surface area contributed by atoms with E-state index in [0.717, 1.165) is 25.7 Å². The maximum Gasteiger partial charge on any atom is 0.289 e. The maximum atomic E-state index is 13.9. The third kappa shape index (κ3) is 4.24. The molecule has 9 heteroatoms. The highest BCUT2D eigenvalue weighted by Crippen LogP contribution is 2.45. The van der Waals surface area contributed by atoms with E-state index in [1.165, 1.54) is 11.2 Å². The molecular weight excluding hydrogens is 470 g/mol. The lowest BCUT2D eigenvalue weighted by Crippen LogP contribution is -2.52. The topological polar surface area (TPSA) is 91.1 Å². The molecule has 1 aromatic carbocycles. The van der Waals surface area contributed by atoms with Gasteiger partial charge in [0.15, 0.2) is 5.76 Å². The van der Waals surface area contributed by atoms with Gasteiger partial charge in [-0.2, -0.15) is 0 Å². The van der Waals surface area contributed by atoms with Gasteiger partial charge < -0.3 is 14.2 Å². The molecule has 1 aromatic heterocycles. The van der Waals surface area contributed by atoms with Gasteiger partial charge >= 0.3 is 0 Å². The monoisotopic (exact) mass is 497 g/mol. The van der Waals surface area contributed by atoms with Crippen LogP contribution in [0.3, 0.4) is 0 Å². The van der Waals surface area contributed by atoms with Gasteiger partial charge in [-0.25, -0.2) is 0 Å². The van der Waals surface area contributed by atoms with Gasteiger partial charge in [0.25, 0.3) is 5.91 Å². The summed E-state index contributed by atoms with van der Waals surface area (Å²) in [6, 6.07) is 10.2. The van der Waals surface area contributed by atoms with Crippen molar-refractivity contribution >= 4 is 35.2 Å². The Balaban J connectivity index is 1.36. The number of imide groups is 1. The Kier molecular flexibility index (Phi) is 6.40. The van der Waals surface area contributed by atoms with Crippen molar-refractivity contribution in [1.82, 2.24) is 14.7 Å². The Morgan fingerprint density at radius 1 is 0.971 bits per heavy atom. The van der Waals surface area contributed by atoms with E-state index in [-0.39, 0.29) is 48.3 Å². The van der Waals surface area contributed by atoms with Crippen molar-refractivity contribution in [2.45, 2.75) is 50.0 Å². The fourth-order valence-corrected chi connectivity index (χ4v) is 5.99. The molecule has 0 bridgehead atoms. The molecular formula is C26H28ClN3O5. The molecule has 1 unspecified atom stereocenters. The van der Waals surface area contributed by atoms with E-state index in [1.54, 1.807) is 46.2 Å². The highest BCUT2D eigenvalue weighted by Gasteiger charge is 2.56. The van der Waals surface area contributed by atoms with Crippen LogP contribution >= 0.6 is 11.6 Å². The standard InChI is InChI=1S/C26H28ClN3O5/c27-20-9-4-3-8-19(20)26(17-23(32)30(25(26)34)18-6-1-2-7-18)16-22(31)28-11-13-29(14-12-28)24(33)21-10-5-15-35-21/h3-5,8-10,15,18H,1-2,6-7,11-14,16-17H2. The van der Waals surface area contributed by atoms with Gasteiger partial charge in [-0.05, 0) is 36.6 Å². The van der Waals surface area contributed by atoms with E-state index in [9.17, 15) is 19.2 Å². The van der Waals surface area contributed by atoms with Crippen molar-refractivity contribution in [3.8, 4) is 0 Å². The van der Waals surface area contributed by atoms with Crippen molar-refractivity contribution in [2.24, 2.45) is 0 Å². The average Bonchev–Trinajstić information content (AvgIpc) is 3.62. The summed E-state index contributed by atoms with van der Waals surface area (Å²) in [5, 5.41) is 0.378. The first-order valence-electron chi connectivity index (χ1n) is 12.1. The van der Waals surface area contributed by atoms with E-state index in [0.29, 0.717) is 36.8 Å². The summed E-state index contributed by atoms with van der Waals surface area (Å²) in [6.45, 7) is 1.42. The van der Waals surface area contributed by atoms with Crippen molar-refractivity contribution in [1.29, 1.82) is 0 Å². The molecule has 1 saturated carbocycles. The molecule has 35 heavy (non-hydrogen) atoms. The molecule has 3 aliphatic rings. The molecule has 5 rings (SSSR count). The van der Waals surface area contributed by atoms with Crippen molar-refractivity contribution in [3.63, 3.8) is 0 Å². The molecule has 3 heterocycles. The van der Waals surface area contributed by atoms with Gasteiger partial charge in [-0.1, -0.05) is 42.6 Å². The third-order valence-corrected chi connectivity index (χ3v) is 7.86. The zero-order valence-electron chi connectivity index (χ0n) is 19.5. The molecule has 184 valence electrons. The van der Waals surface area contributed by atoms with Crippen LogP contribution in [0.5, 0.6) is 0 Å². The molecule has 8 nitrogen and oxygen atoms in total. The van der Waals surface area contributed by atoms with Crippen molar-refractivity contribution < 1.29 is 23.6 Å². The number of carbonyl (C=O) groups excluding carboxylic acids is 4. The van der Waals surface area contributed by atoms with Gasteiger partial charge in [0.1, 0.15) is 0 Å². The van der Waals surface area contributed by atoms with Crippen LogP contribution in [0, 0.1) is 0 Å². The predicted molar refractivity (Wildman–Crippen MR) is 128 cm³/mol. The molecule has 0 N–H and O–H groups in total. The van der Waals surface area contributed by atoms with E-state index >= 15 is 0 Å². The smallest absolute Gasteiger partial charge is 0.289 e. The summed E-state index contributed by atoms with van der Waals surface area (Å²) in [4.78, 5) is 57.8. The molecule has 2 saturated heterocycles. The number of rotatable bonds is 5. The minimum atomic E-state index is -1.31. The SMILES string of the molecule is O=C(CC1(c2ccccc2Cl)CC(=O)N(C2CCCC2)C1=O)N1CCN(C(=O)c2ccco2)CC1. The number of carbonyl (C=O) groups is 4. The molecule has 0 radical (unpaired) electrons. The van der Waals surface area contributed by atoms with Crippen molar-refractivity contribution in [3.05, 3.63) is 59.0 Å². The summed E-state index contributed by atoms with van der Waals surface area (Å²) in [6.07, 6.45) is 4.84. The first-order chi connectivity index (χ1) is 16.9. The van der Waals surface area contributed by atoms with E-state index in [4.69, 9.17) is 16.0 Å². The van der Waals surface area contributed by atoms with Crippen LogP contribution in [0.1, 0.15) is 54.6 Å². The molecule has 2 aromatic rings. The van der Waals surface area contributed by atoms with Gasteiger partial charge in [0, 0.05) is 50.1 Å². The Hall–Kier alpha value is -3.13. The third-order valence-electron chi connectivity index (χ3n) is 7.53. The minimum Gasteiger partial charge on any atom is -0.459 e. The summed E-state index contributed by atoms with van der Waals surface area (Å²) >= 11 is 6.53. The number of likely N-dealkylation sites (tertiary alicyclic amines) is 1. The van der Waals surface area contributed by atoms with Gasteiger partial charge in [0.2, 0.25) is 17.7 Å². The Morgan fingerprint density at radius 3 is 2.31 bits per heavy atom. The summed E-state index contributed by atoms with van der Waals surface area (Å²) in [5.41, 5.74) is -0.781. The van der Waals surface area contributed by atoms with Crippen LogP contribution in [0.4, 0.5) is 0 Å². The predicted octanol–water partition coefficient (Wildman–Crippen LogP) is 3.25. The lowest BCUT2D eigenvalue weighted by molar-refractivity contribution is -0.145. The van der Waals surface area contributed by atoms with Crippen LogP contribution in [0.2, 0.25) is 5.02 Å². The van der Waals surface area contributed by atoms with E-state index in [1.807, 2.05) is 0 Å². The largest absolute Gasteiger partial charge is 0.459 e. The van der Waals surface area contributed by atoms with Gasteiger partial charge in [-0.15, -0.1) is 0 Å². The van der Waals surface area contributed by atoms with Gasteiger partial charge in [0.05, 0.1) is 11.7 Å². The number of nitrogens with zero attached hydrogens (tertiary/aromatic N) is 3. The second-order valence-electron chi connectivity index (χ2n) is 9.57. The highest BCUT2D eigenvalue weighted by atomic mass is 35.5.